The lowest BCUT2D eigenvalue weighted by Gasteiger charge is -2.34. The van der Waals surface area contributed by atoms with E-state index in [0.29, 0.717) is 17.5 Å². The number of hydrogen-bond acceptors (Lipinski definition) is 7. The van der Waals surface area contributed by atoms with Gasteiger partial charge in [-0.2, -0.15) is 4.98 Å². The molecular formula is C18H22N6O2. The number of aliphatic imine (C=N–C) groups is 1. The predicted molar refractivity (Wildman–Crippen MR) is 101 cm³/mol. The third kappa shape index (κ3) is 3.33. The van der Waals surface area contributed by atoms with Crippen molar-refractivity contribution in [2.24, 2.45) is 4.99 Å². The van der Waals surface area contributed by atoms with Crippen molar-refractivity contribution in [1.82, 2.24) is 19.9 Å². The van der Waals surface area contributed by atoms with Crippen molar-refractivity contribution >= 4 is 29.6 Å². The van der Waals surface area contributed by atoms with E-state index in [2.05, 4.69) is 29.7 Å². The van der Waals surface area contributed by atoms with Crippen LogP contribution in [0.1, 0.15) is 11.3 Å². The number of aromatic nitrogens is 3. The monoisotopic (exact) mass is 354 g/mol. The Balaban J connectivity index is 1.48. The second kappa shape index (κ2) is 7.27. The minimum absolute atomic E-state index is 0.0000490. The Labute approximate surface area is 151 Å². The van der Waals surface area contributed by atoms with Gasteiger partial charge in [-0.05, 0) is 18.2 Å². The van der Waals surface area contributed by atoms with Gasteiger partial charge < -0.3 is 19.7 Å². The third-order valence-electron chi connectivity index (χ3n) is 4.71. The van der Waals surface area contributed by atoms with Gasteiger partial charge in [0.2, 0.25) is 11.8 Å². The van der Waals surface area contributed by atoms with Crippen molar-refractivity contribution in [3.8, 4) is 5.88 Å². The number of aromatic hydroxyl groups is 1. The van der Waals surface area contributed by atoms with E-state index in [9.17, 15) is 5.11 Å². The van der Waals surface area contributed by atoms with E-state index >= 15 is 0 Å². The lowest BCUT2D eigenvalue weighted by molar-refractivity contribution is 0.144. The topological polar surface area (TPSA) is 89.9 Å². The van der Waals surface area contributed by atoms with Crippen molar-refractivity contribution in [2.45, 2.75) is 0 Å². The highest BCUT2D eigenvalue weighted by Crippen LogP contribution is 2.32. The molecule has 0 bridgehead atoms. The zero-order chi connectivity index (χ0) is 17.9. The maximum Gasteiger partial charge on any atom is 0.238 e. The fraction of sp³-hybridized carbons (Fsp3) is 0.389. The first kappa shape index (κ1) is 16.7. The number of pyridine rings is 1. The highest BCUT2D eigenvalue weighted by molar-refractivity contribution is 6.20. The van der Waals surface area contributed by atoms with Crippen molar-refractivity contribution in [2.75, 3.05) is 51.3 Å². The molecule has 1 saturated heterocycles. The van der Waals surface area contributed by atoms with E-state index < -0.39 is 0 Å². The van der Waals surface area contributed by atoms with Crippen LogP contribution in [-0.2, 0) is 4.74 Å². The average Bonchev–Trinajstić information content (AvgIpc) is 3.25. The van der Waals surface area contributed by atoms with E-state index in [0.717, 1.165) is 50.5 Å². The van der Waals surface area contributed by atoms with Gasteiger partial charge in [-0.15, -0.1) is 0 Å². The van der Waals surface area contributed by atoms with Gasteiger partial charge in [0.25, 0.3) is 0 Å². The Bertz CT molecular complexity index is 836. The molecule has 26 heavy (non-hydrogen) atoms. The summed E-state index contributed by atoms with van der Waals surface area (Å²) in [6.07, 6.45) is 5.33. The number of methoxy groups -OCH3 is 1. The molecule has 0 unspecified atom stereocenters. The molecule has 0 saturated carbocycles. The largest absolute Gasteiger partial charge is 0.492 e. The number of allylic oxidation sites excluding steroid dienone is 1. The van der Waals surface area contributed by atoms with Crippen LogP contribution in [0.25, 0.3) is 11.6 Å². The summed E-state index contributed by atoms with van der Waals surface area (Å²) in [5.74, 6) is 1.40. The molecule has 0 aromatic carbocycles. The van der Waals surface area contributed by atoms with E-state index in [1.54, 1.807) is 19.5 Å². The van der Waals surface area contributed by atoms with Crippen molar-refractivity contribution in [3.05, 3.63) is 29.6 Å². The molecule has 2 aromatic heterocycles. The zero-order valence-electron chi connectivity index (χ0n) is 14.7. The number of ether oxygens (including phenoxy) is 1. The summed E-state index contributed by atoms with van der Waals surface area (Å²) in [7, 11) is 1.72. The van der Waals surface area contributed by atoms with Crippen LogP contribution in [0.15, 0.2) is 23.3 Å². The van der Waals surface area contributed by atoms with Gasteiger partial charge in [-0.3, -0.25) is 4.90 Å². The van der Waals surface area contributed by atoms with Crippen LogP contribution in [0.3, 0.4) is 0 Å². The minimum Gasteiger partial charge on any atom is -0.492 e. The van der Waals surface area contributed by atoms with Crippen LogP contribution in [0, 0.1) is 0 Å². The van der Waals surface area contributed by atoms with E-state index in [-0.39, 0.29) is 5.88 Å². The Morgan fingerprint density at radius 1 is 1.31 bits per heavy atom. The van der Waals surface area contributed by atoms with Gasteiger partial charge >= 0.3 is 0 Å². The zero-order valence-corrected chi connectivity index (χ0v) is 14.7. The summed E-state index contributed by atoms with van der Waals surface area (Å²) < 4.78 is 5.14. The fourth-order valence-corrected chi connectivity index (χ4v) is 3.21. The van der Waals surface area contributed by atoms with Gasteiger partial charge in [-0.1, -0.05) is 0 Å². The quantitative estimate of drug-likeness (QED) is 0.846. The number of anilines is 1. The Morgan fingerprint density at radius 3 is 2.96 bits per heavy atom. The second-order valence-electron chi connectivity index (χ2n) is 6.35. The summed E-state index contributed by atoms with van der Waals surface area (Å²) in [5.41, 5.74) is 2.44. The fourth-order valence-electron chi connectivity index (χ4n) is 3.21. The van der Waals surface area contributed by atoms with Crippen LogP contribution < -0.4 is 4.90 Å². The Kier molecular flexibility index (Phi) is 4.68. The molecule has 2 aliphatic heterocycles. The van der Waals surface area contributed by atoms with Crippen LogP contribution in [0.5, 0.6) is 5.88 Å². The number of aromatic amines is 1. The molecule has 2 aromatic rings. The predicted octanol–water partition coefficient (Wildman–Crippen LogP) is 1.54. The van der Waals surface area contributed by atoms with E-state index in [1.807, 2.05) is 18.2 Å². The van der Waals surface area contributed by atoms with Crippen molar-refractivity contribution in [3.63, 3.8) is 0 Å². The van der Waals surface area contributed by atoms with Crippen molar-refractivity contribution < 1.29 is 9.84 Å². The molecular weight excluding hydrogens is 332 g/mol. The molecule has 0 amide bonds. The number of nitrogens with zero attached hydrogens (tertiary/aromatic N) is 5. The highest BCUT2D eigenvalue weighted by Gasteiger charge is 2.21. The summed E-state index contributed by atoms with van der Waals surface area (Å²) in [6.45, 7) is 5.32. The normalized spacial score (nSPS) is 18.7. The Hall–Kier alpha value is -2.71. The van der Waals surface area contributed by atoms with Gasteiger partial charge in [-0.25, -0.2) is 9.98 Å². The first-order valence-corrected chi connectivity index (χ1v) is 8.71. The SMILES string of the molecule is COCCN1CCN(c2nc(O)c(C=C3C=Nc4ncccc43)[nH]2)CC1. The molecule has 0 radical (unpaired) electrons. The van der Waals surface area contributed by atoms with Gasteiger partial charge in [0.1, 0.15) is 5.69 Å². The summed E-state index contributed by atoms with van der Waals surface area (Å²) >= 11 is 0. The highest BCUT2D eigenvalue weighted by atomic mass is 16.5. The number of imidazole rings is 1. The molecule has 8 heteroatoms. The molecule has 136 valence electrons. The van der Waals surface area contributed by atoms with Crippen LogP contribution >= 0.6 is 0 Å². The maximum atomic E-state index is 10.2. The molecule has 8 nitrogen and oxygen atoms in total. The first-order chi connectivity index (χ1) is 12.7. The minimum atomic E-state index is 0.0000490. The lowest BCUT2D eigenvalue weighted by atomic mass is 10.1. The van der Waals surface area contributed by atoms with Crippen LogP contribution in [-0.4, -0.2) is 77.6 Å². The molecule has 0 atom stereocenters. The summed E-state index contributed by atoms with van der Waals surface area (Å²) in [5, 5.41) is 10.2. The van der Waals surface area contributed by atoms with E-state index in [1.165, 1.54) is 0 Å². The van der Waals surface area contributed by atoms with Crippen molar-refractivity contribution in [1.29, 1.82) is 0 Å². The standard InChI is InChI=1S/C18H22N6O2/c1-26-10-9-23-5-7-24(8-6-23)18-21-15(17(25)22-18)11-13-12-20-16-14(13)3-2-4-19-16/h2-4,11-12,25H,5-10H2,1H3,(H,21,22). The van der Waals surface area contributed by atoms with Crippen LogP contribution in [0.2, 0.25) is 0 Å². The molecule has 4 rings (SSSR count). The third-order valence-corrected chi connectivity index (χ3v) is 4.71. The number of fused-ring (bicyclic) bond motifs is 1. The van der Waals surface area contributed by atoms with Crippen LogP contribution in [0.4, 0.5) is 11.8 Å². The number of hydrogen-bond donors (Lipinski definition) is 2. The summed E-state index contributed by atoms with van der Waals surface area (Å²) in [4.78, 5) is 20.6. The molecule has 2 N–H and O–H groups in total. The average molecular weight is 354 g/mol. The molecule has 0 spiro atoms. The van der Waals surface area contributed by atoms with Gasteiger partial charge in [0.15, 0.2) is 5.82 Å². The number of piperazine rings is 1. The van der Waals surface area contributed by atoms with E-state index in [4.69, 9.17) is 4.74 Å². The number of nitrogens with one attached hydrogen (secondary N) is 1. The molecule has 1 fully saturated rings. The number of H-pyrrole nitrogens is 1. The first-order valence-electron chi connectivity index (χ1n) is 8.71. The summed E-state index contributed by atoms with van der Waals surface area (Å²) in [6, 6.07) is 3.84. The maximum absolute atomic E-state index is 10.2. The molecule has 2 aliphatic rings. The molecule has 4 heterocycles. The smallest absolute Gasteiger partial charge is 0.238 e. The van der Waals surface area contributed by atoms with Gasteiger partial charge in [0.05, 0.1) is 6.61 Å². The lowest BCUT2D eigenvalue weighted by Crippen LogP contribution is -2.47. The van der Waals surface area contributed by atoms with Gasteiger partial charge in [0, 0.05) is 63.4 Å². The molecule has 0 aliphatic carbocycles. The second-order valence-corrected chi connectivity index (χ2v) is 6.35. The Morgan fingerprint density at radius 2 is 2.15 bits per heavy atom. The number of rotatable bonds is 5.